The van der Waals surface area contributed by atoms with Crippen LogP contribution in [-0.2, 0) is 24.8 Å². The predicted molar refractivity (Wildman–Crippen MR) is 90.9 cm³/mol. The highest BCUT2D eigenvalue weighted by molar-refractivity contribution is 7.94. The van der Waals surface area contributed by atoms with Gasteiger partial charge in [-0.3, -0.25) is 4.79 Å². The summed E-state index contributed by atoms with van der Waals surface area (Å²) in [6, 6.07) is 5.08. The van der Waals surface area contributed by atoms with Gasteiger partial charge in [-0.1, -0.05) is 12.8 Å². The van der Waals surface area contributed by atoms with Crippen LogP contribution in [0.3, 0.4) is 0 Å². The number of sulfonamides is 2. The van der Waals surface area contributed by atoms with Gasteiger partial charge < -0.3 is 5.11 Å². The topological polar surface area (TPSA) is 121 Å². The lowest BCUT2D eigenvalue weighted by Crippen LogP contribution is -2.40. The molecule has 0 aromatic heterocycles. The second kappa shape index (κ2) is 6.35. The summed E-state index contributed by atoms with van der Waals surface area (Å²) in [5, 5.41) is 10.2. The van der Waals surface area contributed by atoms with E-state index in [0.717, 1.165) is 12.8 Å². The Hall–Kier alpha value is -1.49. The normalized spacial score (nSPS) is 22.4. The number of carbonyl (C=O) groups is 1. The Morgan fingerprint density at radius 3 is 2.28 bits per heavy atom. The van der Waals surface area contributed by atoms with Crippen LogP contribution >= 0.6 is 0 Å². The first-order valence-corrected chi connectivity index (χ1v) is 11.1. The molecule has 1 aromatic carbocycles. The number of hydrogen-bond donors (Lipinski definition) is 2. The Bertz CT molecular complexity index is 871. The van der Waals surface area contributed by atoms with Crippen LogP contribution in [0, 0.1) is 0 Å². The van der Waals surface area contributed by atoms with Gasteiger partial charge in [0.2, 0.25) is 26.0 Å². The molecule has 1 aromatic rings. The van der Waals surface area contributed by atoms with Crippen molar-refractivity contribution in [2.24, 2.45) is 0 Å². The highest BCUT2D eigenvalue weighted by atomic mass is 32.2. The lowest BCUT2D eigenvalue weighted by atomic mass is 10.0. The minimum atomic E-state index is -3.83. The van der Waals surface area contributed by atoms with Gasteiger partial charge in [0.05, 0.1) is 21.9 Å². The van der Waals surface area contributed by atoms with Crippen LogP contribution in [0.4, 0.5) is 5.69 Å². The first-order chi connectivity index (χ1) is 11.6. The summed E-state index contributed by atoms with van der Waals surface area (Å²) in [5.41, 5.74) is -0.890. The minimum absolute atomic E-state index is 0.0538. The van der Waals surface area contributed by atoms with E-state index in [4.69, 9.17) is 0 Å². The molecule has 25 heavy (non-hydrogen) atoms. The van der Waals surface area contributed by atoms with Crippen LogP contribution in [0.2, 0.25) is 0 Å². The molecule has 138 valence electrons. The summed E-state index contributed by atoms with van der Waals surface area (Å²) >= 11 is 0. The number of aliphatic hydroxyl groups is 1. The zero-order valence-corrected chi connectivity index (χ0v) is 15.1. The number of anilines is 1. The molecule has 0 spiro atoms. The Labute approximate surface area is 146 Å². The third kappa shape index (κ3) is 3.71. The van der Waals surface area contributed by atoms with E-state index >= 15 is 0 Å². The second-order valence-corrected chi connectivity index (χ2v) is 10.2. The van der Waals surface area contributed by atoms with Gasteiger partial charge in [0, 0.05) is 13.0 Å². The van der Waals surface area contributed by atoms with Gasteiger partial charge in [-0.15, -0.1) is 0 Å². The molecule has 2 N–H and O–H groups in total. The standard InChI is InChI=1S/C15H20N2O6S2/c18-14-7-10-24(20,21)17(14)12-3-5-13(6-4-12)25(22,23)16-11-15(19)8-1-2-9-15/h3-6,16,19H,1-2,7-11H2. The van der Waals surface area contributed by atoms with E-state index in [-0.39, 0.29) is 29.3 Å². The summed E-state index contributed by atoms with van der Waals surface area (Å²) in [5.74, 6) is -0.774. The highest BCUT2D eigenvalue weighted by Crippen LogP contribution is 2.29. The molecule has 0 atom stereocenters. The average molecular weight is 388 g/mol. The molecular formula is C15H20N2O6S2. The van der Waals surface area contributed by atoms with Crippen LogP contribution in [0.25, 0.3) is 0 Å². The quantitative estimate of drug-likeness (QED) is 0.750. The molecule has 1 amide bonds. The molecule has 0 radical (unpaired) electrons. The second-order valence-electron chi connectivity index (χ2n) is 6.47. The zero-order chi connectivity index (χ0) is 18.3. The smallest absolute Gasteiger partial charge is 0.242 e. The number of nitrogens with zero attached hydrogens (tertiary/aromatic N) is 1. The van der Waals surface area contributed by atoms with Gasteiger partial charge in [0.1, 0.15) is 0 Å². The van der Waals surface area contributed by atoms with Crippen molar-refractivity contribution in [2.75, 3.05) is 16.6 Å². The van der Waals surface area contributed by atoms with Crippen LogP contribution in [0.15, 0.2) is 29.2 Å². The Morgan fingerprint density at radius 1 is 1.16 bits per heavy atom. The van der Waals surface area contributed by atoms with E-state index < -0.39 is 31.6 Å². The number of hydrogen-bond acceptors (Lipinski definition) is 6. The number of rotatable bonds is 5. The highest BCUT2D eigenvalue weighted by Gasteiger charge is 2.36. The molecule has 2 fully saturated rings. The van der Waals surface area contributed by atoms with Gasteiger partial charge in [0.25, 0.3) is 0 Å². The maximum atomic E-state index is 12.3. The summed E-state index contributed by atoms with van der Waals surface area (Å²) in [6.07, 6.45) is 2.77. The number of carbonyl (C=O) groups excluding carboxylic acids is 1. The van der Waals surface area contributed by atoms with Crippen LogP contribution in [0.1, 0.15) is 32.1 Å². The summed E-state index contributed by atoms with van der Waals surface area (Å²) in [4.78, 5) is 11.7. The summed E-state index contributed by atoms with van der Waals surface area (Å²) in [6.45, 7) is -0.0594. The average Bonchev–Trinajstić information content (AvgIpc) is 3.10. The molecule has 1 aliphatic heterocycles. The molecule has 2 aliphatic rings. The largest absolute Gasteiger partial charge is 0.389 e. The van der Waals surface area contributed by atoms with Crippen molar-refractivity contribution >= 4 is 31.6 Å². The molecule has 1 aliphatic carbocycles. The summed E-state index contributed by atoms with van der Waals surface area (Å²) in [7, 11) is -7.51. The van der Waals surface area contributed by atoms with E-state index in [1.807, 2.05) is 0 Å². The maximum Gasteiger partial charge on any atom is 0.242 e. The lowest BCUT2D eigenvalue weighted by molar-refractivity contribution is -0.116. The molecule has 1 saturated heterocycles. The molecule has 10 heteroatoms. The zero-order valence-electron chi connectivity index (χ0n) is 13.5. The fraction of sp³-hybridized carbons (Fsp3) is 0.533. The first kappa shape index (κ1) is 18.3. The number of nitrogens with one attached hydrogen (secondary N) is 1. The molecule has 3 rings (SSSR count). The molecule has 1 saturated carbocycles. The van der Waals surface area contributed by atoms with Crippen LogP contribution in [0.5, 0.6) is 0 Å². The minimum Gasteiger partial charge on any atom is -0.389 e. The van der Waals surface area contributed by atoms with Gasteiger partial charge >= 0.3 is 0 Å². The van der Waals surface area contributed by atoms with Crippen molar-refractivity contribution in [1.29, 1.82) is 0 Å². The van der Waals surface area contributed by atoms with Crippen LogP contribution in [-0.4, -0.2) is 45.7 Å². The van der Waals surface area contributed by atoms with Gasteiger partial charge in [-0.05, 0) is 37.1 Å². The van der Waals surface area contributed by atoms with Crippen molar-refractivity contribution in [3.05, 3.63) is 24.3 Å². The van der Waals surface area contributed by atoms with Crippen molar-refractivity contribution in [1.82, 2.24) is 4.72 Å². The van der Waals surface area contributed by atoms with Gasteiger partial charge in [0.15, 0.2) is 0 Å². The van der Waals surface area contributed by atoms with Gasteiger partial charge in [-0.25, -0.2) is 25.9 Å². The first-order valence-electron chi connectivity index (χ1n) is 8.01. The molecule has 8 nitrogen and oxygen atoms in total. The fourth-order valence-electron chi connectivity index (χ4n) is 3.15. The number of benzene rings is 1. The third-order valence-electron chi connectivity index (χ3n) is 4.59. The molecular weight excluding hydrogens is 368 g/mol. The monoisotopic (exact) mass is 388 g/mol. The molecule has 0 unspecified atom stereocenters. The van der Waals surface area contributed by atoms with E-state index in [2.05, 4.69) is 4.72 Å². The lowest BCUT2D eigenvalue weighted by Gasteiger charge is -2.22. The predicted octanol–water partition coefficient (Wildman–Crippen LogP) is 0.336. The van der Waals surface area contributed by atoms with Crippen molar-refractivity contribution < 1.29 is 26.7 Å². The summed E-state index contributed by atoms with van der Waals surface area (Å²) < 4.78 is 51.5. The SMILES string of the molecule is O=C1CCS(=O)(=O)N1c1ccc(S(=O)(=O)NCC2(O)CCCC2)cc1. The fourth-order valence-corrected chi connectivity index (χ4v) is 5.73. The van der Waals surface area contributed by atoms with E-state index in [1.165, 1.54) is 24.3 Å². The Morgan fingerprint density at radius 2 is 1.76 bits per heavy atom. The van der Waals surface area contributed by atoms with E-state index in [9.17, 15) is 26.7 Å². The molecule has 1 heterocycles. The molecule has 0 bridgehead atoms. The maximum absolute atomic E-state index is 12.3. The van der Waals surface area contributed by atoms with Gasteiger partial charge in [-0.2, -0.15) is 0 Å². The Kier molecular flexibility index (Phi) is 4.65. The van der Waals surface area contributed by atoms with E-state index in [0.29, 0.717) is 17.1 Å². The Balaban J connectivity index is 1.76. The van der Waals surface area contributed by atoms with E-state index in [1.54, 1.807) is 0 Å². The van der Waals surface area contributed by atoms with Crippen molar-refractivity contribution in [2.45, 2.75) is 42.6 Å². The third-order valence-corrected chi connectivity index (χ3v) is 7.69. The van der Waals surface area contributed by atoms with Crippen LogP contribution < -0.4 is 9.03 Å². The van der Waals surface area contributed by atoms with Crippen molar-refractivity contribution in [3.63, 3.8) is 0 Å². The van der Waals surface area contributed by atoms with Crippen molar-refractivity contribution in [3.8, 4) is 0 Å². The number of amides is 1.